The third-order valence-electron chi connectivity index (χ3n) is 3.53. The van der Waals surface area contributed by atoms with E-state index in [0.29, 0.717) is 24.7 Å². The molecule has 2 N–H and O–H groups in total. The van der Waals surface area contributed by atoms with E-state index in [1.165, 1.54) is 12.1 Å². The lowest BCUT2D eigenvalue weighted by molar-refractivity contribution is -0.137. The molecular weight excluding hydrogens is 283 g/mol. The minimum absolute atomic E-state index is 0.270. The van der Waals surface area contributed by atoms with Gasteiger partial charge in [0.1, 0.15) is 0 Å². The highest BCUT2D eigenvalue weighted by molar-refractivity contribution is 5.89. The van der Waals surface area contributed by atoms with Crippen LogP contribution in [-0.4, -0.2) is 37.6 Å². The Morgan fingerprint density at radius 3 is 2.57 bits per heavy atom. The Hall–Kier alpha value is -1.76. The number of halogens is 3. The summed E-state index contributed by atoms with van der Waals surface area (Å²) >= 11 is 0. The predicted molar refractivity (Wildman–Crippen MR) is 74.1 cm³/mol. The van der Waals surface area contributed by atoms with Gasteiger partial charge in [-0.05, 0) is 50.2 Å². The molecule has 2 rings (SSSR count). The Morgan fingerprint density at radius 2 is 2.00 bits per heavy atom. The Bertz CT molecular complexity index is 487. The molecule has 0 spiro atoms. The number of rotatable bonds is 3. The molecule has 1 saturated heterocycles. The van der Waals surface area contributed by atoms with Gasteiger partial charge in [0.05, 0.1) is 5.56 Å². The lowest BCUT2D eigenvalue weighted by Gasteiger charge is -2.17. The molecule has 0 radical (unpaired) electrons. The smallest absolute Gasteiger partial charge is 0.324 e. The number of nitrogens with zero attached hydrogens (tertiary/aromatic N) is 1. The molecule has 116 valence electrons. The van der Waals surface area contributed by atoms with Crippen LogP contribution in [0, 0.1) is 5.92 Å². The number of amides is 2. The maximum Gasteiger partial charge on any atom is 0.416 e. The fraction of sp³-hybridized carbons (Fsp3) is 0.500. The van der Waals surface area contributed by atoms with Crippen molar-refractivity contribution in [1.29, 1.82) is 0 Å². The highest BCUT2D eigenvalue weighted by Gasteiger charge is 2.30. The first-order valence-electron chi connectivity index (χ1n) is 6.78. The second-order valence-corrected chi connectivity index (χ2v) is 5.16. The number of nitrogens with one attached hydrogen (secondary N) is 2. The predicted octanol–water partition coefficient (Wildman–Crippen LogP) is 2.78. The van der Waals surface area contributed by atoms with Gasteiger partial charge in [-0.15, -0.1) is 0 Å². The van der Waals surface area contributed by atoms with Crippen LogP contribution in [-0.2, 0) is 6.18 Å². The van der Waals surface area contributed by atoms with Crippen molar-refractivity contribution in [3.63, 3.8) is 0 Å². The molecule has 0 aliphatic carbocycles. The summed E-state index contributed by atoms with van der Waals surface area (Å²) in [6.07, 6.45) is -3.43. The Morgan fingerprint density at radius 1 is 1.33 bits per heavy atom. The number of carbonyl (C=O) groups excluding carboxylic acids is 1. The monoisotopic (exact) mass is 301 g/mol. The fourth-order valence-corrected chi connectivity index (χ4v) is 2.42. The first-order chi connectivity index (χ1) is 9.90. The molecular formula is C14H18F3N3O. The van der Waals surface area contributed by atoms with Gasteiger partial charge >= 0.3 is 12.2 Å². The van der Waals surface area contributed by atoms with Gasteiger partial charge in [-0.25, -0.2) is 4.79 Å². The summed E-state index contributed by atoms with van der Waals surface area (Å²) in [5.74, 6) is 0.424. The summed E-state index contributed by atoms with van der Waals surface area (Å²) in [6.45, 7) is 2.18. The number of urea groups is 1. The van der Waals surface area contributed by atoms with Gasteiger partial charge in [0.2, 0.25) is 0 Å². The molecule has 1 aliphatic rings. The van der Waals surface area contributed by atoms with E-state index in [0.717, 1.165) is 25.1 Å². The third kappa shape index (κ3) is 4.10. The molecule has 4 nitrogen and oxygen atoms in total. The Balaban J connectivity index is 1.91. The third-order valence-corrected chi connectivity index (χ3v) is 3.53. The first kappa shape index (κ1) is 15.6. The maximum atomic E-state index is 12.4. The van der Waals surface area contributed by atoms with Gasteiger partial charge in [-0.1, -0.05) is 0 Å². The zero-order valence-electron chi connectivity index (χ0n) is 11.7. The lowest BCUT2D eigenvalue weighted by atomic mass is 10.1. The normalized spacial score (nSPS) is 18.9. The molecule has 1 aromatic rings. The molecule has 1 unspecified atom stereocenters. The van der Waals surface area contributed by atoms with Crippen molar-refractivity contribution >= 4 is 11.7 Å². The van der Waals surface area contributed by atoms with Gasteiger partial charge < -0.3 is 15.5 Å². The molecule has 0 bridgehead atoms. The molecule has 21 heavy (non-hydrogen) atoms. The van der Waals surface area contributed by atoms with E-state index >= 15 is 0 Å². The van der Waals surface area contributed by atoms with E-state index < -0.39 is 11.7 Å². The number of hydrogen-bond donors (Lipinski definition) is 2. The van der Waals surface area contributed by atoms with Crippen LogP contribution < -0.4 is 10.6 Å². The second kappa shape index (κ2) is 6.34. The van der Waals surface area contributed by atoms with E-state index in [4.69, 9.17) is 0 Å². The minimum atomic E-state index is -4.36. The van der Waals surface area contributed by atoms with Gasteiger partial charge in [0.25, 0.3) is 0 Å². The highest BCUT2D eigenvalue weighted by Crippen LogP contribution is 2.29. The highest BCUT2D eigenvalue weighted by atomic mass is 19.4. The van der Waals surface area contributed by atoms with Crippen molar-refractivity contribution in [1.82, 2.24) is 10.2 Å². The summed E-state index contributed by atoms with van der Waals surface area (Å²) in [5, 5.41) is 5.70. The molecule has 1 fully saturated rings. The number of alkyl halides is 3. The van der Waals surface area contributed by atoms with Crippen molar-refractivity contribution in [2.75, 3.05) is 32.0 Å². The van der Waals surface area contributed by atoms with Crippen LogP contribution in [0.5, 0.6) is 0 Å². The molecule has 1 atom stereocenters. The van der Waals surface area contributed by atoms with Crippen LogP contribution in [0.3, 0.4) is 0 Å². The zero-order valence-corrected chi connectivity index (χ0v) is 11.7. The van der Waals surface area contributed by atoms with E-state index in [1.807, 2.05) is 7.05 Å². The molecule has 1 heterocycles. The Labute approximate surface area is 121 Å². The molecule has 1 aliphatic heterocycles. The van der Waals surface area contributed by atoms with Crippen LogP contribution in [0.2, 0.25) is 0 Å². The van der Waals surface area contributed by atoms with Crippen LogP contribution in [0.15, 0.2) is 24.3 Å². The molecule has 2 amide bonds. The van der Waals surface area contributed by atoms with E-state index in [9.17, 15) is 18.0 Å². The maximum absolute atomic E-state index is 12.4. The molecule has 1 aromatic carbocycles. The SMILES string of the molecule is CNCC1CCN(C(=O)Nc2ccc(C(F)(F)F)cc2)C1. The number of anilines is 1. The lowest BCUT2D eigenvalue weighted by Crippen LogP contribution is -2.34. The van der Waals surface area contributed by atoms with Gasteiger partial charge in [-0.3, -0.25) is 0 Å². The number of benzene rings is 1. The van der Waals surface area contributed by atoms with Crippen molar-refractivity contribution in [2.24, 2.45) is 5.92 Å². The van der Waals surface area contributed by atoms with Crippen LogP contribution in [0.25, 0.3) is 0 Å². The fourth-order valence-electron chi connectivity index (χ4n) is 2.42. The first-order valence-corrected chi connectivity index (χ1v) is 6.78. The topological polar surface area (TPSA) is 44.4 Å². The average Bonchev–Trinajstić information content (AvgIpc) is 2.87. The van der Waals surface area contributed by atoms with Crippen LogP contribution in [0.1, 0.15) is 12.0 Å². The van der Waals surface area contributed by atoms with E-state index in [-0.39, 0.29) is 6.03 Å². The second-order valence-electron chi connectivity index (χ2n) is 5.16. The minimum Gasteiger partial charge on any atom is -0.324 e. The number of likely N-dealkylation sites (tertiary alicyclic amines) is 1. The van der Waals surface area contributed by atoms with Gasteiger partial charge in [0.15, 0.2) is 0 Å². The van der Waals surface area contributed by atoms with Gasteiger partial charge in [0, 0.05) is 18.8 Å². The standard InChI is InChI=1S/C14H18F3N3O/c1-18-8-10-6-7-20(9-10)13(21)19-12-4-2-11(3-5-12)14(15,16)17/h2-5,10,18H,6-9H2,1H3,(H,19,21). The average molecular weight is 301 g/mol. The largest absolute Gasteiger partial charge is 0.416 e. The van der Waals surface area contributed by atoms with Gasteiger partial charge in [-0.2, -0.15) is 13.2 Å². The number of carbonyl (C=O) groups is 1. The molecule has 7 heteroatoms. The van der Waals surface area contributed by atoms with Crippen LogP contribution >= 0.6 is 0 Å². The molecule has 0 saturated carbocycles. The van der Waals surface area contributed by atoms with E-state index in [2.05, 4.69) is 10.6 Å². The van der Waals surface area contributed by atoms with Crippen molar-refractivity contribution in [2.45, 2.75) is 12.6 Å². The van der Waals surface area contributed by atoms with Crippen molar-refractivity contribution < 1.29 is 18.0 Å². The Kier molecular flexibility index (Phi) is 4.72. The van der Waals surface area contributed by atoms with Crippen LogP contribution in [0.4, 0.5) is 23.7 Å². The van der Waals surface area contributed by atoms with Crippen molar-refractivity contribution in [3.05, 3.63) is 29.8 Å². The quantitative estimate of drug-likeness (QED) is 0.901. The molecule has 0 aromatic heterocycles. The van der Waals surface area contributed by atoms with E-state index in [1.54, 1.807) is 4.90 Å². The summed E-state index contributed by atoms with van der Waals surface area (Å²) in [6, 6.07) is 4.18. The zero-order chi connectivity index (χ0) is 15.5. The summed E-state index contributed by atoms with van der Waals surface area (Å²) in [4.78, 5) is 13.7. The summed E-state index contributed by atoms with van der Waals surface area (Å²) < 4.78 is 37.3. The summed E-state index contributed by atoms with van der Waals surface area (Å²) in [7, 11) is 1.87. The van der Waals surface area contributed by atoms with Crippen molar-refractivity contribution in [3.8, 4) is 0 Å². The summed E-state index contributed by atoms with van der Waals surface area (Å²) in [5.41, 5.74) is -0.360. The number of hydrogen-bond acceptors (Lipinski definition) is 2.